The van der Waals surface area contributed by atoms with Crippen LogP contribution in [-0.2, 0) is 0 Å². The lowest BCUT2D eigenvalue weighted by Gasteiger charge is -2.05. The van der Waals surface area contributed by atoms with Crippen LogP contribution in [0, 0.1) is 0 Å². The topological polar surface area (TPSA) is 72.0 Å². The van der Waals surface area contributed by atoms with Gasteiger partial charge in [-0.2, -0.15) is 0 Å². The Balaban J connectivity index is 2.42. The highest BCUT2D eigenvalue weighted by molar-refractivity contribution is 6.34. The average molecular weight is 282 g/mol. The molecule has 3 N–H and O–H groups in total. The minimum atomic E-state index is -0.0398. The van der Waals surface area contributed by atoms with E-state index in [0.717, 1.165) is 0 Å². The van der Waals surface area contributed by atoms with Crippen LogP contribution < -0.4 is 5.73 Å². The Labute approximate surface area is 114 Å². The highest BCUT2D eigenvalue weighted by atomic mass is 35.5. The predicted octanol–water partition coefficient (Wildman–Crippen LogP) is 3.42. The van der Waals surface area contributed by atoms with Crippen molar-refractivity contribution in [1.29, 1.82) is 0 Å². The molecule has 6 heteroatoms. The average Bonchev–Trinajstić information content (AvgIpc) is 2.32. The summed E-state index contributed by atoms with van der Waals surface area (Å²) >= 11 is 11.7. The maximum atomic E-state index is 9.99. The van der Waals surface area contributed by atoms with Gasteiger partial charge in [-0.3, -0.25) is 0 Å². The fraction of sp³-hybridized carbons (Fsp3) is 0. The summed E-state index contributed by atoms with van der Waals surface area (Å²) in [5.41, 5.74) is 6.97. The quantitative estimate of drug-likeness (QED) is 0.503. The van der Waals surface area contributed by atoms with Crippen LogP contribution in [0.2, 0.25) is 10.3 Å². The van der Waals surface area contributed by atoms with Gasteiger partial charge in [0, 0.05) is 17.8 Å². The molecule has 1 heterocycles. The number of rotatable bonds is 2. The highest BCUT2D eigenvalue weighted by Crippen LogP contribution is 2.28. The Kier molecular flexibility index (Phi) is 3.69. The molecule has 18 heavy (non-hydrogen) atoms. The molecule has 4 nitrogen and oxygen atoms in total. The Morgan fingerprint density at radius 2 is 2.06 bits per heavy atom. The fourth-order valence-electron chi connectivity index (χ4n) is 1.39. The summed E-state index contributed by atoms with van der Waals surface area (Å²) in [7, 11) is 0. The van der Waals surface area contributed by atoms with E-state index < -0.39 is 0 Å². The highest BCUT2D eigenvalue weighted by Gasteiger charge is 2.08. The Morgan fingerprint density at radius 1 is 1.28 bits per heavy atom. The number of nitrogen functional groups attached to an aromatic ring is 1. The van der Waals surface area contributed by atoms with Crippen molar-refractivity contribution >= 4 is 40.7 Å². The van der Waals surface area contributed by atoms with Gasteiger partial charge in [-0.25, -0.2) is 9.97 Å². The van der Waals surface area contributed by atoms with Crippen LogP contribution in [0.25, 0.3) is 11.8 Å². The van der Waals surface area contributed by atoms with Crippen LogP contribution in [0.3, 0.4) is 0 Å². The molecule has 0 aliphatic heterocycles. The van der Waals surface area contributed by atoms with E-state index in [-0.39, 0.29) is 11.0 Å². The van der Waals surface area contributed by atoms with Gasteiger partial charge in [-0.15, -0.1) is 0 Å². The van der Waals surface area contributed by atoms with Crippen molar-refractivity contribution in [2.75, 3.05) is 5.73 Å². The van der Waals surface area contributed by atoms with Crippen LogP contribution in [-0.4, -0.2) is 15.1 Å². The van der Waals surface area contributed by atoms with E-state index in [1.54, 1.807) is 24.3 Å². The van der Waals surface area contributed by atoms with Crippen molar-refractivity contribution in [3.8, 4) is 0 Å². The number of aliphatic hydroxyl groups is 1. The number of halogens is 2. The molecule has 1 aromatic carbocycles. The fourth-order valence-corrected chi connectivity index (χ4v) is 1.77. The summed E-state index contributed by atoms with van der Waals surface area (Å²) in [4.78, 5) is 7.68. The van der Waals surface area contributed by atoms with Gasteiger partial charge >= 0.3 is 0 Å². The van der Waals surface area contributed by atoms with E-state index in [4.69, 9.17) is 28.9 Å². The Bertz CT molecular complexity index is 614. The van der Waals surface area contributed by atoms with Crippen LogP contribution >= 0.6 is 23.2 Å². The first-order valence-corrected chi connectivity index (χ1v) is 5.77. The number of aliphatic hydroxyl groups excluding tert-OH is 1. The van der Waals surface area contributed by atoms with Crippen molar-refractivity contribution in [2.24, 2.45) is 0 Å². The summed E-state index contributed by atoms with van der Waals surface area (Å²) in [6, 6.07) is 6.63. The molecule has 2 aromatic rings. The normalized spacial score (nSPS) is 11.6. The van der Waals surface area contributed by atoms with Crippen molar-refractivity contribution in [3.63, 3.8) is 0 Å². The number of nitrogens with two attached hydrogens (primary N) is 1. The number of aromatic nitrogens is 2. The number of nitrogens with zero attached hydrogens (tertiary/aromatic N) is 2. The van der Waals surface area contributed by atoms with E-state index in [0.29, 0.717) is 22.0 Å². The maximum Gasteiger partial charge on any atom is 0.222 e. The Hall–Kier alpha value is -1.78. The van der Waals surface area contributed by atoms with E-state index >= 15 is 0 Å². The standard InChI is InChI=1S/C12H9Cl2N3O/c13-11-8(2-1-3-9(11)15)10(18)6-7-4-5-16-12(14)17-7/h1-6,18H,15H2/b10-6+. The molecule has 0 bridgehead atoms. The summed E-state index contributed by atoms with van der Waals surface area (Å²) in [6.45, 7) is 0. The molecule has 0 amide bonds. The van der Waals surface area contributed by atoms with Gasteiger partial charge in [-0.1, -0.05) is 17.7 Å². The first-order chi connectivity index (χ1) is 8.58. The third-order valence-electron chi connectivity index (χ3n) is 2.24. The van der Waals surface area contributed by atoms with Gasteiger partial charge in [0.15, 0.2) is 0 Å². The van der Waals surface area contributed by atoms with Crippen LogP contribution in [0.5, 0.6) is 0 Å². The molecule has 0 saturated heterocycles. The minimum Gasteiger partial charge on any atom is -0.507 e. The van der Waals surface area contributed by atoms with Gasteiger partial charge < -0.3 is 10.8 Å². The lowest BCUT2D eigenvalue weighted by atomic mass is 10.1. The zero-order valence-electron chi connectivity index (χ0n) is 9.14. The van der Waals surface area contributed by atoms with Gasteiger partial charge in [0.25, 0.3) is 0 Å². The molecular formula is C12H9Cl2N3O. The minimum absolute atomic E-state index is 0.0398. The second kappa shape index (κ2) is 5.25. The predicted molar refractivity (Wildman–Crippen MR) is 73.4 cm³/mol. The van der Waals surface area contributed by atoms with Gasteiger partial charge in [0.05, 0.1) is 16.4 Å². The summed E-state index contributed by atoms with van der Waals surface area (Å²) in [5.74, 6) is -0.0398. The zero-order chi connectivity index (χ0) is 13.1. The summed E-state index contributed by atoms with van der Waals surface area (Å²) in [5, 5.41) is 10.4. The summed E-state index contributed by atoms with van der Waals surface area (Å²) < 4.78 is 0. The Morgan fingerprint density at radius 3 is 2.78 bits per heavy atom. The van der Waals surface area contributed by atoms with Gasteiger partial charge in [0.1, 0.15) is 5.76 Å². The number of hydrogen-bond donors (Lipinski definition) is 2. The second-order valence-electron chi connectivity index (χ2n) is 3.49. The lowest BCUT2D eigenvalue weighted by molar-refractivity contribution is 0.515. The van der Waals surface area contributed by atoms with Gasteiger partial charge in [-0.05, 0) is 29.8 Å². The second-order valence-corrected chi connectivity index (χ2v) is 4.20. The van der Waals surface area contributed by atoms with Crippen LogP contribution in [0.1, 0.15) is 11.3 Å². The summed E-state index contributed by atoms with van der Waals surface area (Å²) in [6.07, 6.45) is 2.93. The molecule has 1 aromatic heterocycles. The molecule has 0 radical (unpaired) electrons. The molecule has 0 spiro atoms. The molecule has 0 unspecified atom stereocenters. The lowest BCUT2D eigenvalue weighted by Crippen LogP contribution is -1.92. The molecule has 0 atom stereocenters. The number of anilines is 1. The molecule has 0 fully saturated rings. The maximum absolute atomic E-state index is 9.99. The van der Waals surface area contributed by atoms with Crippen molar-refractivity contribution in [2.45, 2.75) is 0 Å². The smallest absolute Gasteiger partial charge is 0.222 e. The van der Waals surface area contributed by atoms with E-state index in [9.17, 15) is 5.11 Å². The number of hydrogen-bond acceptors (Lipinski definition) is 4. The third kappa shape index (κ3) is 2.72. The molecule has 0 saturated carbocycles. The third-order valence-corrected chi connectivity index (χ3v) is 2.84. The monoisotopic (exact) mass is 281 g/mol. The van der Waals surface area contributed by atoms with Crippen molar-refractivity contribution < 1.29 is 5.11 Å². The van der Waals surface area contributed by atoms with Gasteiger partial charge in [0.2, 0.25) is 5.28 Å². The first-order valence-electron chi connectivity index (χ1n) is 5.01. The molecule has 92 valence electrons. The van der Waals surface area contributed by atoms with E-state index in [2.05, 4.69) is 9.97 Å². The molecule has 2 rings (SSSR count). The number of benzene rings is 1. The SMILES string of the molecule is Nc1cccc(/C(O)=C\c2ccnc(Cl)n2)c1Cl. The zero-order valence-corrected chi connectivity index (χ0v) is 10.7. The van der Waals surface area contributed by atoms with E-state index in [1.165, 1.54) is 12.3 Å². The molecule has 0 aliphatic carbocycles. The van der Waals surface area contributed by atoms with Crippen molar-refractivity contribution in [3.05, 3.63) is 52.0 Å². The van der Waals surface area contributed by atoms with E-state index in [1.807, 2.05) is 0 Å². The first kappa shape index (κ1) is 12.7. The largest absolute Gasteiger partial charge is 0.507 e. The molecular weight excluding hydrogens is 273 g/mol. The van der Waals surface area contributed by atoms with Crippen LogP contribution in [0.15, 0.2) is 30.5 Å². The molecule has 0 aliphatic rings. The van der Waals surface area contributed by atoms with Crippen molar-refractivity contribution in [1.82, 2.24) is 9.97 Å². The van der Waals surface area contributed by atoms with Crippen LogP contribution in [0.4, 0.5) is 5.69 Å².